The van der Waals surface area contributed by atoms with Crippen LogP contribution in [0.3, 0.4) is 0 Å². The maximum absolute atomic E-state index is 12.4. The lowest BCUT2D eigenvalue weighted by molar-refractivity contribution is -0.274. The fourth-order valence-electron chi connectivity index (χ4n) is 3.98. The van der Waals surface area contributed by atoms with E-state index in [1.165, 1.54) is 43.7 Å². The Hall–Kier alpha value is -4.74. The highest BCUT2D eigenvalue weighted by molar-refractivity contribution is 6.32. The molecule has 12 heteroatoms. The van der Waals surface area contributed by atoms with Crippen molar-refractivity contribution in [3.63, 3.8) is 0 Å². The van der Waals surface area contributed by atoms with Crippen LogP contribution in [0.2, 0.25) is 5.02 Å². The Labute approximate surface area is 250 Å². The molecular formula is C31H27ClF3N3O5. The smallest absolute Gasteiger partial charge is 0.506 e. The molecule has 43 heavy (non-hydrogen) atoms. The maximum Gasteiger partial charge on any atom is 0.573 e. The number of nitrogens with zero attached hydrogens (tertiary/aromatic N) is 1. The lowest BCUT2D eigenvalue weighted by atomic mass is 10.0. The molecule has 0 aliphatic rings. The number of halogens is 4. The van der Waals surface area contributed by atoms with Gasteiger partial charge in [0.1, 0.15) is 18.1 Å². The highest BCUT2D eigenvalue weighted by Gasteiger charge is 2.30. The summed E-state index contributed by atoms with van der Waals surface area (Å²) in [5, 5.41) is 16.8. The van der Waals surface area contributed by atoms with Crippen LogP contribution < -0.4 is 25.0 Å². The molecule has 0 radical (unpaired) electrons. The third-order valence-corrected chi connectivity index (χ3v) is 6.29. The van der Waals surface area contributed by atoms with Crippen molar-refractivity contribution in [1.29, 1.82) is 0 Å². The van der Waals surface area contributed by atoms with Gasteiger partial charge in [0.05, 0.1) is 18.3 Å². The molecule has 0 saturated carbocycles. The summed E-state index contributed by atoms with van der Waals surface area (Å²) in [6, 6.07) is 22.8. The van der Waals surface area contributed by atoms with E-state index in [1.54, 1.807) is 18.2 Å². The van der Waals surface area contributed by atoms with Crippen molar-refractivity contribution in [2.75, 3.05) is 20.3 Å². The van der Waals surface area contributed by atoms with E-state index in [2.05, 4.69) is 20.6 Å². The lowest BCUT2D eigenvalue weighted by Crippen LogP contribution is -2.21. The quantitative estimate of drug-likeness (QED) is 0.0951. The molecule has 0 saturated heterocycles. The molecule has 0 spiro atoms. The minimum Gasteiger partial charge on any atom is -0.506 e. The van der Waals surface area contributed by atoms with Crippen molar-refractivity contribution in [2.45, 2.75) is 12.9 Å². The van der Waals surface area contributed by atoms with E-state index in [0.29, 0.717) is 30.2 Å². The second kappa shape index (κ2) is 14.4. The molecule has 0 heterocycles. The van der Waals surface area contributed by atoms with Crippen LogP contribution in [0.1, 0.15) is 21.5 Å². The molecule has 0 aliphatic heterocycles. The number of methoxy groups -OCH3 is 1. The van der Waals surface area contributed by atoms with Crippen molar-refractivity contribution in [3.8, 4) is 34.1 Å². The number of ether oxygens (including phenoxy) is 3. The van der Waals surface area contributed by atoms with Gasteiger partial charge in [0, 0.05) is 24.2 Å². The molecule has 0 atom stereocenters. The van der Waals surface area contributed by atoms with Crippen LogP contribution in [0.25, 0.3) is 11.1 Å². The molecule has 1 amide bonds. The van der Waals surface area contributed by atoms with Crippen molar-refractivity contribution < 1.29 is 37.3 Å². The van der Waals surface area contributed by atoms with Crippen LogP contribution >= 0.6 is 11.6 Å². The van der Waals surface area contributed by atoms with Gasteiger partial charge in [-0.25, -0.2) is 5.43 Å². The van der Waals surface area contributed by atoms with Crippen LogP contribution in [0.4, 0.5) is 13.2 Å². The van der Waals surface area contributed by atoms with Crippen LogP contribution in [0, 0.1) is 0 Å². The van der Waals surface area contributed by atoms with Gasteiger partial charge < -0.3 is 24.6 Å². The van der Waals surface area contributed by atoms with Gasteiger partial charge in [0.15, 0.2) is 11.5 Å². The SMILES string of the molecule is COc1cc(/C=N/NC(=O)c2ccc(O)c(Cl)c2)cc(-c2ccccc2)c1OCCNCc1ccc(OC(F)(F)F)cc1. The van der Waals surface area contributed by atoms with Crippen LogP contribution in [-0.2, 0) is 6.54 Å². The highest BCUT2D eigenvalue weighted by atomic mass is 35.5. The number of carbonyl (C=O) groups is 1. The normalized spacial score (nSPS) is 11.4. The summed E-state index contributed by atoms with van der Waals surface area (Å²) in [4.78, 5) is 12.4. The van der Waals surface area contributed by atoms with Crippen molar-refractivity contribution in [1.82, 2.24) is 10.7 Å². The summed E-state index contributed by atoms with van der Waals surface area (Å²) in [5.74, 6) is 0.0296. The van der Waals surface area contributed by atoms with Gasteiger partial charge in [0.25, 0.3) is 5.91 Å². The zero-order chi connectivity index (χ0) is 30.8. The van der Waals surface area contributed by atoms with Gasteiger partial charge >= 0.3 is 6.36 Å². The Kier molecular flexibility index (Phi) is 10.5. The first-order valence-corrected chi connectivity index (χ1v) is 13.3. The van der Waals surface area contributed by atoms with Gasteiger partial charge in [-0.2, -0.15) is 5.10 Å². The van der Waals surface area contributed by atoms with Gasteiger partial charge in [-0.05, 0) is 59.2 Å². The number of benzene rings is 4. The molecule has 0 bridgehead atoms. The number of hydrogen-bond donors (Lipinski definition) is 3. The Morgan fingerprint density at radius 1 is 1.02 bits per heavy atom. The monoisotopic (exact) mass is 613 g/mol. The zero-order valence-corrected chi connectivity index (χ0v) is 23.6. The standard InChI is InChI=1S/C31H27ClF3N3O5/c1-41-28-16-21(19-37-38-30(40)23-9-12-27(39)26(32)17-23)15-25(22-5-3-2-4-6-22)29(28)42-14-13-36-18-20-7-10-24(11-8-20)43-31(33,34)35/h2-12,15-17,19,36,39H,13-14,18H2,1H3,(H,38,40)/b37-19+. The number of carbonyl (C=O) groups excluding carboxylic acids is 1. The molecule has 4 aromatic rings. The van der Waals surface area contributed by atoms with Crippen LogP contribution in [-0.4, -0.2) is 43.9 Å². The number of nitrogens with one attached hydrogen (secondary N) is 2. The second-order valence-corrected chi connectivity index (χ2v) is 9.46. The zero-order valence-electron chi connectivity index (χ0n) is 22.8. The molecular weight excluding hydrogens is 587 g/mol. The van der Waals surface area contributed by atoms with Crippen molar-refractivity contribution in [3.05, 3.63) is 107 Å². The van der Waals surface area contributed by atoms with Crippen molar-refractivity contribution >= 4 is 23.7 Å². The first-order valence-electron chi connectivity index (χ1n) is 12.9. The summed E-state index contributed by atoms with van der Waals surface area (Å²) >= 11 is 5.88. The van der Waals surface area contributed by atoms with Gasteiger partial charge in [0.2, 0.25) is 0 Å². The second-order valence-electron chi connectivity index (χ2n) is 9.05. The summed E-state index contributed by atoms with van der Waals surface area (Å²) in [6.45, 7) is 1.12. The summed E-state index contributed by atoms with van der Waals surface area (Å²) in [6.07, 6.45) is -3.27. The number of amides is 1. The Morgan fingerprint density at radius 3 is 2.44 bits per heavy atom. The number of hydrazone groups is 1. The number of alkyl halides is 3. The summed E-state index contributed by atoms with van der Waals surface area (Å²) in [5.41, 5.74) is 5.67. The first-order chi connectivity index (χ1) is 20.6. The molecule has 4 aromatic carbocycles. The summed E-state index contributed by atoms with van der Waals surface area (Å²) < 4.78 is 52.7. The Bertz CT molecular complexity index is 1570. The number of phenols is 1. The number of phenolic OH excluding ortho intramolecular Hbond substituents is 1. The predicted molar refractivity (Wildman–Crippen MR) is 157 cm³/mol. The lowest BCUT2D eigenvalue weighted by Gasteiger charge is -2.17. The topological polar surface area (TPSA) is 101 Å². The third-order valence-electron chi connectivity index (χ3n) is 5.98. The Balaban J connectivity index is 1.42. The van der Waals surface area contributed by atoms with E-state index in [9.17, 15) is 23.1 Å². The number of aromatic hydroxyl groups is 1. The van der Waals surface area contributed by atoms with Crippen LogP contribution in [0.5, 0.6) is 23.0 Å². The van der Waals surface area contributed by atoms with Crippen molar-refractivity contribution in [2.24, 2.45) is 5.10 Å². The van der Waals surface area contributed by atoms with Gasteiger partial charge in [-0.1, -0.05) is 54.1 Å². The number of hydrogen-bond acceptors (Lipinski definition) is 7. The average molecular weight is 614 g/mol. The minimum atomic E-state index is -4.73. The molecule has 0 aromatic heterocycles. The molecule has 4 rings (SSSR count). The van der Waals surface area contributed by atoms with E-state index >= 15 is 0 Å². The van der Waals surface area contributed by atoms with Crippen LogP contribution in [0.15, 0.2) is 90.0 Å². The van der Waals surface area contributed by atoms with E-state index in [4.69, 9.17) is 21.1 Å². The Morgan fingerprint density at radius 2 is 1.77 bits per heavy atom. The highest BCUT2D eigenvalue weighted by Crippen LogP contribution is 2.39. The first kappa shape index (κ1) is 31.2. The van der Waals surface area contributed by atoms with E-state index in [1.807, 2.05) is 36.4 Å². The minimum absolute atomic E-state index is 0.0493. The maximum atomic E-state index is 12.4. The molecule has 0 unspecified atom stereocenters. The fraction of sp³-hybridized carbons (Fsp3) is 0.161. The average Bonchev–Trinajstić information content (AvgIpc) is 2.99. The predicted octanol–water partition coefficient (Wildman–Crippen LogP) is 6.55. The van der Waals surface area contributed by atoms with E-state index in [0.717, 1.165) is 16.7 Å². The molecule has 8 nitrogen and oxygen atoms in total. The van der Waals surface area contributed by atoms with E-state index in [-0.39, 0.29) is 28.7 Å². The number of rotatable bonds is 12. The summed E-state index contributed by atoms with van der Waals surface area (Å²) in [7, 11) is 1.51. The molecule has 224 valence electrons. The molecule has 3 N–H and O–H groups in total. The largest absolute Gasteiger partial charge is 0.573 e. The van der Waals surface area contributed by atoms with Gasteiger partial charge in [-0.3, -0.25) is 4.79 Å². The third kappa shape index (κ3) is 9.12. The molecule has 0 fully saturated rings. The fourth-order valence-corrected chi connectivity index (χ4v) is 4.16. The van der Waals surface area contributed by atoms with Gasteiger partial charge in [-0.15, -0.1) is 13.2 Å². The molecule has 0 aliphatic carbocycles. The van der Waals surface area contributed by atoms with E-state index < -0.39 is 12.3 Å².